The van der Waals surface area contributed by atoms with Crippen LogP contribution in [-0.4, -0.2) is 58.2 Å². The van der Waals surface area contributed by atoms with Gasteiger partial charge in [-0.2, -0.15) is 5.10 Å². The molecular formula is C19H24N6O. The number of nitrogens with zero attached hydrogens (tertiary/aromatic N) is 4. The molecule has 26 heavy (non-hydrogen) atoms. The molecule has 7 nitrogen and oxygen atoms in total. The first-order chi connectivity index (χ1) is 12.7. The van der Waals surface area contributed by atoms with E-state index in [4.69, 9.17) is 5.41 Å². The number of amides is 1. The van der Waals surface area contributed by atoms with Crippen LogP contribution in [0, 0.1) is 5.41 Å². The number of hydrogen-bond acceptors (Lipinski definition) is 5. The first kappa shape index (κ1) is 18.0. The summed E-state index contributed by atoms with van der Waals surface area (Å²) >= 11 is 0. The van der Waals surface area contributed by atoms with E-state index in [9.17, 15) is 4.79 Å². The van der Waals surface area contributed by atoms with E-state index >= 15 is 0 Å². The molecule has 1 aromatic carbocycles. The maximum atomic E-state index is 12.8. The van der Waals surface area contributed by atoms with Gasteiger partial charge >= 0.3 is 0 Å². The van der Waals surface area contributed by atoms with Gasteiger partial charge in [0.1, 0.15) is 0 Å². The van der Waals surface area contributed by atoms with Crippen molar-refractivity contribution in [3.05, 3.63) is 42.7 Å². The number of aromatic nitrogens is 2. The maximum absolute atomic E-state index is 12.8. The Balaban J connectivity index is 1.68. The van der Waals surface area contributed by atoms with Crippen LogP contribution in [0.1, 0.15) is 19.8 Å². The van der Waals surface area contributed by atoms with E-state index in [0.717, 1.165) is 30.8 Å². The lowest BCUT2D eigenvalue weighted by Gasteiger charge is -2.23. The van der Waals surface area contributed by atoms with Gasteiger partial charge in [-0.3, -0.25) is 14.7 Å². The predicted molar refractivity (Wildman–Crippen MR) is 104 cm³/mol. The molecule has 2 heterocycles. The van der Waals surface area contributed by atoms with Crippen molar-refractivity contribution < 1.29 is 4.79 Å². The van der Waals surface area contributed by atoms with Crippen LogP contribution in [0.5, 0.6) is 0 Å². The molecule has 136 valence electrons. The number of anilines is 1. The van der Waals surface area contributed by atoms with Crippen LogP contribution in [0.25, 0.3) is 5.69 Å². The summed E-state index contributed by atoms with van der Waals surface area (Å²) < 4.78 is 1.76. The van der Waals surface area contributed by atoms with E-state index < -0.39 is 0 Å². The number of nitrogens with one attached hydrogen (secondary N) is 2. The lowest BCUT2D eigenvalue weighted by Crippen LogP contribution is -2.42. The topological polar surface area (TPSA) is 86.4 Å². The fourth-order valence-corrected chi connectivity index (χ4v) is 3.24. The maximum Gasteiger partial charge on any atom is 0.241 e. The van der Waals surface area contributed by atoms with Crippen molar-refractivity contribution in [2.75, 3.05) is 25.0 Å². The smallest absolute Gasteiger partial charge is 0.241 e. The van der Waals surface area contributed by atoms with Gasteiger partial charge in [-0.1, -0.05) is 6.07 Å². The van der Waals surface area contributed by atoms with Gasteiger partial charge in [0, 0.05) is 37.4 Å². The second-order valence-corrected chi connectivity index (χ2v) is 6.23. The normalized spacial score (nSPS) is 18.0. The summed E-state index contributed by atoms with van der Waals surface area (Å²) in [5.41, 5.74) is 2.37. The Bertz CT molecular complexity index is 783. The van der Waals surface area contributed by atoms with E-state index in [1.165, 1.54) is 6.21 Å². The lowest BCUT2D eigenvalue weighted by atomic mass is 10.2. The summed E-state index contributed by atoms with van der Waals surface area (Å²) in [4.78, 5) is 19.2. The molecule has 0 saturated carbocycles. The summed E-state index contributed by atoms with van der Waals surface area (Å²) in [6, 6.07) is 9.31. The highest BCUT2D eigenvalue weighted by atomic mass is 16.2. The molecule has 7 heteroatoms. The standard InChI is InChI=1S/C19H24N6O/c1-2-21-16(13-20)14-24-10-4-8-18(24)19(26)23-15-6-3-7-17(12-15)25-11-5-9-22-25/h3,5-7,9,11-13,18,20H,2,4,8,10,14H2,1H3,(H,23,26). The number of rotatable bonds is 7. The Morgan fingerprint density at radius 2 is 2.35 bits per heavy atom. The van der Waals surface area contributed by atoms with Gasteiger partial charge in [0.2, 0.25) is 5.91 Å². The molecule has 0 spiro atoms. The van der Waals surface area contributed by atoms with Crippen LogP contribution < -0.4 is 5.32 Å². The molecular weight excluding hydrogens is 328 g/mol. The molecule has 1 aliphatic rings. The van der Waals surface area contributed by atoms with Crippen molar-refractivity contribution in [2.45, 2.75) is 25.8 Å². The number of hydrogen-bond donors (Lipinski definition) is 2. The molecule has 1 atom stereocenters. The molecule has 1 unspecified atom stereocenters. The molecule has 2 N–H and O–H groups in total. The van der Waals surface area contributed by atoms with Crippen LogP contribution in [-0.2, 0) is 4.79 Å². The highest BCUT2D eigenvalue weighted by Crippen LogP contribution is 2.20. The molecule has 1 fully saturated rings. The van der Waals surface area contributed by atoms with Crippen molar-refractivity contribution in [2.24, 2.45) is 4.99 Å². The van der Waals surface area contributed by atoms with Crippen LogP contribution >= 0.6 is 0 Å². The summed E-state index contributed by atoms with van der Waals surface area (Å²) in [7, 11) is 0. The second-order valence-electron chi connectivity index (χ2n) is 6.23. The van der Waals surface area contributed by atoms with E-state index in [1.54, 1.807) is 10.9 Å². The molecule has 0 bridgehead atoms. The zero-order chi connectivity index (χ0) is 18.4. The Kier molecular flexibility index (Phi) is 5.91. The molecule has 0 radical (unpaired) electrons. The van der Waals surface area contributed by atoms with Gasteiger partial charge in [-0.15, -0.1) is 0 Å². The summed E-state index contributed by atoms with van der Waals surface area (Å²) in [6.07, 6.45) is 6.67. The zero-order valence-electron chi connectivity index (χ0n) is 14.9. The van der Waals surface area contributed by atoms with Gasteiger partial charge in [0.15, 0.2) is 0 Å². The highest BCUT2D eigenvalue weighted by molar-refractivity contribution is 6.30. The zero-order valence-corrected chi connectivity index (χ0v) is 14.9. The van der Waals surface area contributed by atoms with Crippen molar-refractivity contribution in [1.82, 2.24) is 14.7 Å². The van der Waals surface area contributed by atoms with Gasteiger partial charge in [0.25, 0.3) is 0 Å². The Labute approximate surface area is 153 Å². The SMILES string of the molecule is CCN=C(C=N)CN1CCCC1C(=O)Nc1cccc(-n2cccn2)c1. The Morgan fingerprint density at radius 3 is 3.08 bits per heavy atom. The fourth-order valence-electron chi connectivity index (χ4n) is 3.24. The van der Waals surface area contributed by atoms with E-state index in [2.05, 4.69) is 20.3 Å². The van der Waals surface area contributed by atoms with Crippen LogP contribution in [0.3, 0.4) is 0 Å². The van der Waals surface area contributed by atoms with E-state index in [-0.39, 0.29) is 11.9 Å². The number of likely N-dealkylation sites (tertiary alicyclic amines) is 1. The minimum Gasteiger partial charge on any atom is -0.325 e. The van der Waals surface area contributed by atoms with E-state index in [0.29, 0.717) is 18.8 Å². The monoisotopic (exact) mass is 352 g/mol. The second kappa shape index (κ2) is 8.53. The van der Waals surface area contributed by atoms with Gasteiger partial charge in [-0.05, 0) is 50.6 Å². The lowest BCUT2D eigenvalue weighted by molar-refractivity contribution is -0.120. The summed E-state index contributed by atoms with van der Waals surface area (Å²) in [5, 5.41) is 14.7. The highest BCUT2D eigenvalue weighted by Gasteiger charge is 2.31. The van der Waals surface area contributed by atoms with Crippen LogP contribution in [0.2, 0.25) is 0 Å². The summed E-state index contributed by atoms with van der Waals surface area (Å²) in [6.45, 7) is 3.99. The Morgan fingerprint density at radius 1 is 1.46 bits per heavy atom. The molecule has 2 aromatic rings. The Hall–Kier alpha value is -2.80. The van der Waals surface area contributed by atoms with Crippen LogP contribution in [0.4, 0.5) is 5.69 Å². The summed E-state index contributed by atoms with van der Waals surface area (Å²) in [5.74, 6) is -0.0130. The molecule has 1 aliphatic heterocycles. The molecule has 1 aromatic heterocycles. The third kappa shape index (κ3) is 4.23. The van der Waals surface area contributed by atoms with Crippen molar-refractivity contribution in [3.8, 4) is 5.69 Å². The minimum atomic E-state index is -0.189. The van der Waals surface area contributed by atoms with Crippen molar-refractivity contribution in [1.29, 1.82) is 5.41 Å². The van der Waals surface area contributed by atoms with Crippen LogP contribution in [0.15, 0.2) is 47.7 Å². The van der Waals surface area contributed by atoms with Gasteiger partial charge in [-0.25, -0.2) is 4.68 Å². The molecule has 3 rings (SSSR count). The number of carbonyl (C=O) groups is 1. The predicted octanol–water partition coefficient (Wildman–Crippen LogP) is 2.39. The quantitative estimate of drug-likeness (QED) is 0.750. The first-order valence-electron chi connectivity index (χ1n) is 8.90. The average molecular weight is 352 g/mol. The average Bonchev–Trinajstić information content (AvgIpc) is 3.33. The number of aliphatic imine (C=N–C) groups is 1. The first-order valence-corrected chi connectivity index (χ1v) is 8.90. The van der Waals surface area contributed by atoms with E-state index in [1.807, 2.05) is 43.5 Å². The van der Waals surface area contributed by atoms with Gasteiger partial charge in [0.05, 0.1) is 17.4 Å². The largest absolute Gasteiger partial charge is 0.325 e. The number of benzene rings is 1. The van der Waals surface area contributed by atoms with Crippen molar-refractivity contribution in [3.63, 3.8) is 0 Å². The third-order valence-corrected chi connectivity index (χ3v) is 4.44. The fraction of sp³-hybridized carbons (Fsp3) is 0.368. The molecule has 0 aliphatic carbocycles. The molecule has 1 amide bonds. The number of carbonyl (C=O) groups excluding carboxylic acids is 1. The minimum absolute atomic E-state index is 0.0130. The van der Waals surface area contributed by atoms with Crippen molar-refractivity contribution >= 4 is 23.5 Å². The third-order valence-electron chi connectivity index (χ3n) is 4.44. The molecule has 1 saturated heterocycles. The van der Waals surface area contributed by atoms with Gasteiger partial charge < -0.3 is 10.7 Å².